The number of fused-ring (bicyclic) bond motifs is 1. The fourth-order valence-corrected chi connectivity index (χ4v) is 5.06. The SMILES string of the molecule is CCOc1ccc([C@H]2CCCN2C(=O)CCc2nc3ccccc3n(-c3ccc(OC)cc3)c2=O)cc1. The summed E-state index contributed by atoms with van der Waals surface area (Å²) in [4.78, 5) is 33.5. The number of benzene rings is 3. The van der Waals surface area contributed by atoms with Gasteiger partial charge in [0.2, 0.25) is 5.91 Å². The van der Waals surface area contributed by atoms with Crippen LogP contribution in [0, 0.1) is 0 Å². The maximum absolute atomic E-state index is 13.6. The molecular weight excluding hydrogens is 466 g/mol. The number of carbonyl (C=O) groups excluding carboxylic acids is 1. The molecule has 0 unspecified atom stereocenters. The minimum absolute atomic E-state index is 0.0433. The van der Waals surface area contributed by atoms with Crippen LogP contribution in [0.4, 0.5) is 0 Å². The molecule has 1 atom stereocenters. The van der Waals surface area contributed by atoms with Crippen molar-refractivity contribution in [1.82, 2.24) is 14.5 Å². The van der Waals surface area contributed by atoms with E-state index in [-0.39, 0.29) is 30.3 Å². The van der Waals surface area contributed by atoms with Crippen molar-refractivity contribution in [2.24, 2.45) is 0 Å². The van der Waals surface area contributed by atoms with E-state index in [2.05, 4.69) is 4.98 Å². The van der Waals surface area contributed by atoms with Gasteiger partial charge in [0.25, 0.3) is 5.56 Å². The minimum atomic E-state index is -0.207. The second kappa shape index (κ2) is 10.9. The Morgan fingerprint density at radius 1 is 1.00 bits per heavy atom. The number of hydrogen-bond donors (Lipinski definition) is 0. The van der Waals surface area contributed by atoms with Gasteiger partial charge in [0.05, 0.1) is 30.8 Å². The lowest BCUT2D eigenvalue weighted by atomic mass is 10.0. The first kappa shape index (κ1) is 24.6. The predicted molar refractivity (Wildman–Crippen MR) is 144 cm³/mol. The van der Waals surface area contributed by atoms with Gasteiger partial charge in [-0.1, -0.05) is 24.3 Å². The molecule has 2 heterocycles. The van der Waals surface area contributed by atoms with Crippen molar-refractivity contribution in [2.45, 2.75) is 38.6 Å². The summed E-state index contributed by atoms with van der Waals surface area (Å²) >= 11 is 0. The van der Waals surface area contributed by atoms with Crippen molar-refractivity contribution >= 4 is 16.9 Å². The van der Waals surface area contributed by atoms with Crippen LogP contribution in [0.15, 0.2) is 77.6 Å². The van der Waals surface area contributed by atoms with Crippen LogP contribution < -0.4 is 15.0 Å². The maximum atomic E-state index is 13.6. The fraction of sp³-hybridized carbons (Fsp3) is 0.300. The zero-order valence-corrected chi connectivity index (χ0v) is 21.2. The number of nitrogens with zero attached hydrogens (tertiary/aromatic N) is 3. The van der Waals surface area contributed by atoms with Gasteiger partial charge in [-0.3, -0.25) is 14.2 Å². The van der Waals surface area contributed by atoms with Crippen LogP contribution in [0.1, 0.15) is 43.5 Å². The van der Waals surface area contributed by atoms with Crippen LogP contribution >= 0.6 is 0 Å². The molecule has 0 N–H and O–H groups in total. The number of aryl methyl sites for hydroxylation is 1. The van der Waals surface area contributed by atoms with E-state index in [1.54, 1.807) is 11.7 Å². The summed E-state index contributed by atoms with van der Waals surface area (Å²) in [6.07, 6.45) is 2.40. The molecule has 0 spiro atoms. The van der Waals surface area contributed by atoms with Crippen molar-refractivity contribution < 1.29 is 14.3 Å². The Hall–Kier alpha value is -4.13. The molecule has 3 aromatic carbocycles. The molecule has 1 saturated heterocycles. The van der Waals surface area contributed by atoms with Crippen molar-refractivity contribution in [3.8, 4) is 17.2 Å². The summed E-state index contributed by atoms with van der Waals surface area (Å²) in [6, 6.07) is 23.0. The Balaban J connectivity index is 1.38. The lowest BCUT2D eigenvalue weighted by Crippen LogP contribution is -2.32. The van der Waals surface area contributed by atoms with E-state index >= 15 is 0 Å². The summed E-state index contributed by atoms with van der Waals surface area (Å²) in [5, 5.41) is 0. The number of likely N-dealkylation sites (tertiary alicyclic amines) is 1. The van der Waals surface area contributed by atoms with Gasteiger partial charge in [0.15, 0.2) is 0 Å². The molecule has 0 saturated carbocycles. The molecular formula is C30H31N3O4. The molecule has 1 aromatic heterocycles. The van der Waals surface area contributed by atoms with Gasteiger partial charge in [0, 0.05) is 25.1 Å². The normalized spacial score (nSPS) is 15.2. The average Bonchev–Trinajstić information content (AvgIpc) is 3.43. The quantitative estimate of drug-likeness (QED) is 0.339. The number of carbonyl (C=O) groups is 1. The molecule has 0 radical (unpaired) electrons. The van der Waals surface area contributed by atoms with E-state index in [4.69, 9.17) is 9.47 Å². The number of methoxy groups -OCH3 is 1. The highest BCUT2D eigenvalue weighted by molar-refractivity contribution is 5.78. The molecule has 1 aliphatic rings. The van der Waals surface area contributed by atoms with E-state index in [9.17, 15) is 9.59 Å². The standard InChI is InChI=1S/C30H31N3O4/c1-3-37-24-14-10-21(11-15-24)27-9-6-20-32(27)29(34)19-18-26-30(35)33(22-12-16-23(36-2)17-13-22)28-8-5-4-7-25(28)31-26/h4-5,7-8,10-17,27H,3,6,9,18-20H2,1-2H3/t27-/m1/s1. The molecule has 7 heteroatoms. The first-order valence-electron chi connectivity index (χ1n) is 12.8. The number of amides is 1. The van der Waals surface area contributed by atoms with Gasteiger partial charge >= 0.3 is 0 Å². The molecule has 0 bridgehead atoms. The van der Waals surface area contributed by atoms with Crippen LogP contribution in [-0.4, -0.2) is 40.6 Å². The van der Waals surface area contributed by atoms with Gasteiger partial charge < -0.3 is 14.4 Å². The van der Waals surface area contributed by atoms with Gasteiger partial charge in [-0.15, -0.1) is 0 Å². The Labute approximate surface area is 216 Å². The molecule has 1 fully saturated rings. The Morgan fingerprint density at radius 3 is 2.46 bits per heavy atom. The summed E-state index contributed by atoms with van der Waals surface area (Å²) in [7, 11) is 1.61. The van der Waals surface area contributed by atoms with E-state index in [1.165, 1.54) is 0 Å². The first-order valence-corrected chi connectivity index (χ1v) is 12.8. The second-order valence-electron chi connectivity index (χ2n) is 9.13. The third-order valence-corrected chi connectivity index (χ3v) is 6.88. The lowest BCUT2D eigenvalue weighted by Gasteiger charge is -2.25. The van der Waals surface area contributed by atoms with Crippen LogP contribution in [0.3, 0.4) is 0 Å². The summed E-state index contributed by atoms with van der Waals surface area (Å²) in [6.45, 7) is 3.30. The van der Waals surface area contributed by atoms with Crippen LogP contribution in [-0.2, 0) is 11.2 Å². The van der Waals surface area contributed by atoms with Crippen molar-refractivity contribution in [2.75, 3.05) is 20.3 Å². The molecule has 4 aromatic rings. The smallest absolute Gasteiger partial charge is 0.277 e. The third-order valence-electron chi connectivity index (χ3n) is 6.88. The highest BCUT2D eigenvalue weighted by atomic mass is 16.5. The molecule has 5 rings (SSSR count). The zero-order valence-electron chi connectivity index (χ0n) is 21.2. The van der Waals surface area contributed by atoms with Crippen molar-refractivity contribution in [3.63, 3.8) is 0 Å². The zero-order chi connectivity index (χ0) is 25.8. The van der Waals surface area contributed by atoms with E-state index < -0.39 is 0 Å². The van der Waals surface area contributed by atoms with Crippen molar-refractivity contribution in [1.29, 1.82) is 0 Å². The van der Waals surface area contributed by atoms with Gasteiger partial charge in [0.1, 0.15) is 17.2 Å². The first-order chi connectivity index (χ1) is 18.1. The number of rotatable bonds is 8. The molecule has 1 aliphatic heterocycles. The van der Waals surface area contributed by atoms with Crippen LogP contribution in [0.25, 0.3) is 16.7 Å². The molecule has 190 valence electrons. The highest BCUT2D eigenvalue weighted by Gasteiger charge is 2.30. The lowest BCUT2D eigenvalue weighted by molar-refractivity contribution is -0.132. The van der Waals surface area contributed by atoms with E-state index in [1.807, 2.05) is 84.6 Å². The summed E-state index contributed by atoms with van der Waals surface area (Å²) in [5.41, 5.74) is 3.46. The van der Waals surface area contributed by atoms with Crippen molar-refractivity contribution in [3.05, 3.63) is 94.4 Å². The largest absolute Gasteiger partial charge is 0.497 e. The number of ether oxygens (including phenoxy) is 2. The Morgan fingerprint density at radius 2 is 1.73 bits per heavy atom. The maximum Gasteiger partial charge on any atom is 0.277 e. The summed E-state index contributed by atoms with van der Waals surface area (Å²) in [5.74, 6) is 1.59. The van der Waals surface area contributed by atoms with Gasteiger partial charge in [-0.25, -0.2) is 4.98 Å². The van der Waals surface area contributed by atoms with Crippen LogP contribution in [0.2, 0.25) is 0 Å². The molecule has 7 nitrogen and oxygen atoms in total. The minimum Gasteiger partial charge on any atom is -0.497 e. The van der Waals surface area contributed by atoms with E-state index in [0.717, 1.165) is 41.9 Å². The number of para-hydroxylation sites is 2. The summed E-state index contributed by atoms with van der Waals surface area (Å²) < 4.78 is 12.5. The van der Waals surface area contributed by atoms with E-state index in [0.29, 0.717) is 23.6 Å². The molecule has 1 amide bonds. The third kappa shape index (κ3) is 5.07. The van der Waals surface area contributed by atoms with Gasteiger partial charge in [-0.05, 0) is 73.9 Å². The average molecular weight is 498 g/mol. The highest BCUT2D eigenvalue weighted by Crippen LogP contribution is 2.33. The topological polar surface area (TPSA) is 73.7 Å². The van der Waals surface area contributed by atoms with Gasteiger partial charge in [-0.2, -0.15) is 0 Å². The Bertz CT molecular complexity index is 1440. The predicted octanol–water partition coefficient (Wildman–Crippen LogP) is 5.09. The second-order valence-corrected chi connectivity index (χ2v) is 9.13. The Kier molecular flexibility index (Phi) is 7.21. The number of hydrogen-bond acceptors (Lipinski definition) is 5. The van der Waals surface area contributed by atoms with Crippen LogP contribution in [0.5, 0.6) is 11.5 Å². The fourth-order valence-electron chi connectivity index (χ4n) is 5.06. The molecule has 37 heavy (non-hydrogen) atoms. The monoisotopic (exact) mass is 497 g/mol. The molecule has 0 aliphatic carbocycles. The number of aromatic nitrogens is 2.